The molecule has 4 aliphatic carbocycles. The van der Waals surface area contributed by atoms with Crippen molar-refractivity contribution in [1.29, 1.82) is 0 Å². The van der Waals surface area contributed by atoms with Crippen molar-refractivity contribution in [1.82, 2.24) is 0 Å². The van der Waals surface area contributed by atoms with Gasteiger partial charge in [0.25, 0.3) is 0 Å². The van der Waals surface area contributed by atoms with Gasteiger partial charge in [0, 0.05) is 24.2 Å². The van der Waals surface area contributed by atoms with E-state index < -0.39 is 59.0 Å². The highest BCUT2D eigenvalue weighted by Crippen LogP contribution is 2.77. The highest BCUT2D eigenvalue weighted by Gasteiger charge is 2.88. The summed E-state index contributed by atoms with van der Waals surface area (Å²) in [5.74, 6) is -4.17. The quantitative estimate of drug-likeness (QED) is 0.387. The Morgan fingerprint density at radius 3 is 2.47 bits per heavy atom. The monoisotopic (exact) mass is 426 g/mol. The largest absolute Gasteiger partial charge is 0.463 e. The molecule has 0 radical (unpaired) electrons. The molecular weight excluding hydrogens is 392 g/mol. The number of fused-ring (bicyclic) bond motifs is 2. The first kappa shape index (κ1) is 21.1. The number of esters is 1. The minimum Gasteiger partial charge on any atom is -0.463 e. The fourth-order valence-corrected chi connectivity index (χ4v) is 8.89. The molecule has 2 aliphatic heterocycles. The Bertz CT molecular complexity index is 770. The molecule has 6 rings (SSSR count). The van der Waals surface area contributed by atoms with Crippen LogP contribution in [0.25, 0.3) is 0 Å². The third kappa shape index (κ3) is 2.02. The van der Waals surface area contributed by atoms with Crippen LogP contribution in [0.2, 0.25) is 0 Å². The number of carbonyl (C=O) groups excluding carboxylic acids is 1. The van der Waals surface area contributed by atoms with Gasteiger partial charge in [0.15, 0.2) is 0 Å². The van der Waals surface area contributed by atoms with Crippen molar-refractivity contribution in [3.63, 3.8) is 0 Å². The van der Waals surface area contributed by atoms with Gasteiger partial charge >= 0.3 is 5.97 Å². The summed E-state index contributed by atoms with van der Waals surface area (Å²) in [7, 11) is 0. The standard InChI is InChI=1S/C22H34O8/c1-11(23)29-10-20(27)12-5-6-13-19-8-4-7-18(2,3)14(19)16(25)22(28,30-9-19)21(13,15(12)24)17(20)26/h12-17,24-28H,4-10H2,1-3H3. The topological polar surface area (TPSA) is 137 Å². The second kappa shape index (κ2) is 5.97. The van der Waals surface area contributed by atoms with Crippen LogP contribution in [0.15, 0.2) is 0 Å². The fraction of sp³-hybridized carbons (Fsp3) is 0.955. The van der Waals surface area contributed by atoms with E-state index in [1.807, 2.05) is 0 Å². The van der Waals surface area contributed by atoms with Crippen LogP contribution in [0, 0.1) is 34.0 Å². The summed E-state index contributed by atoms with van der Waals surface area (Å²) in [6.07, 6.45) is -0.580. The maximum Gasteiger partial charge on any atom is 0.302 e. The summed E-state index contributed by atoms with van der Waals surface area (Å²) >= 11 is 0. The maximum absolute atomic E-state index is 11.9. The lowest BCUT2D eigenvalue weighted by atomic mass is 9.36. The molecule has 10 unspecified atom stereocenters. The maximum atomic E-state index is 11.9. The van der Waals surface area contributed by atoms with E-state index in [9.17, 15) is 30.3 Å². The lowest BCUT2D eigenvalue weighted by Crippen LogP contribution is -2.84. The zero-order valence-electron chi connectivity index (χ0n) is 17.9. The SMILES string of the molecule is CC(=O)OCC1(O)C2CCC3C45CCCC(C)(C)C4C(O)C(O)(OC5)C3(C2O)C1O. The summed E-state index contributed by atoms with van der Waals surface area (Å²) < 4.78 is 11.0. The fourth-order valence-electron chi connectivity index (χ4n) is 8.89. The molecule has 4 saturated carbocycles. The minimum absolute atomic E-state index is 0.240. The van der Waals surface area contributed by atoms with E-state index in [0.717, 1.165) is 19.3 Å². The van der Waals surface area contributed by atoms with Crippen LogP contribution in [-0.4, -0.2) is 74.4 Å². The van der Waals surface area contributed by atoms with Gasteiger partial charge in [-0.05, 0) is 37.0 Å². The van der Waals surface area contributed by atoms with E-state index >= 15 is 0 Å². The summed E-state index contributed by atoms with van der Waals surface area (Å²) in [6.45, 7) is 5.19. The van der Waals surface area contributed by atoms with Crippen molar-refractivity contribution in [3.8, 4) is 0 Å². The predicted molar refractivity (Wildman–Crippen MR) is 103 cm³/mol. The van der Waals surface area contributed by atoms with Crippen LogP contribution in [0.1, 0.15) is 52.9 Å². The molecule has 6 aliphatic rings. The summed E-state index contributed by atoms with van der Waals surface area (Å²) in [5, 5.41) is 57.9. The number of aliphatic hydroxyl groups excluding tert-OH is 3. The van der Waals surface area contributed by atoms with Gasteiger partial charge in [0.2, 0.25) is 5.79 Å². The van der Waals surface area contributed by atoms with E-state index in [1.165, 1.54) is 6.92 Å². The third-order valence-electron chi connectivity index (χ3n) is 9.80. The molecule has 5 N–H and O–H groups in total. The molecular formula is C22H34O8. The van der Waals surface area contributed by atoms with E-state index in [1.54, 1.807) is 0 Å². The van der Waals surface area contributed by atoms with Gasteiger partial charge in [-0.25, -0.2) is 0 Å². The van der Waals surface area contributed by atoms with Crippen molar-refractivity contribution in [2.45, 2.75) is 82.6 Å². The Morgan fingerprint density at radius 1 is 1.10 bits per heavy atom. The van der Waals surface area contributed by atoms with Gasteiger partial charge in [-0.2, -0.15) is 0 Å². The molecule has 0 amide bonds. The van der Waals surface area contributed by atoms with Crippen molar-refractivity contribution in [2.75, 3.05) is 13.2 Å². The summed E-state index contributed by atoms with van der Waals surface area (Å²) in [4.78, 5) is 11.4. The Hall–Kier alpha value is -0.770. The second-order valence-electron chi connectivity index (χ2n) is 11.3. The van der Waals surface area contributed by atoms with Crippen LogP contribution in [-0.2, 0) is 14.3 Å². The number of aliphatic hydroxyl groups is 5. The molecule has 0 aromatic carbocycles. The van der Waals surface area contributed by atoms with Crippen molar-refractivity contribution in [3.05, 3.63) is 0 Å². The van der Waals surface area contributed by atoms with Gasteiger partial charge < -0.3 is 35.0 Å². The molecule has 2 heterocycles. The van der Waals surface area contributed by atoms with Crippen LogP contribution >= 0.6 is 0 Å². The van der Waals surface area contributed by atoms with Gasteiger partial charge in [0.1, 0.15) is 24.4 Å². The average Bonchev–Trinajstić information content (AvgIpc) is 2.75. The van der Waals surface area contributed by atoms with Gasteiger partial charge in [0.05, 0.1) is 18.1 Å². The molecule has 170 valence electrons. The molecule has 2 spiro atoms. The Morgan fingerprint density at radius 2 is 1.80 bits per heavy atom. The van der Waals surface area contributed by atoms with Crippen LogP contribution in [0.5, 0.6) is 0 Å². The lowest BCUT2D eigenvalue weighted by Gasteiger charge is -2.75. The molecule has 10 atom stereocenters. The van der Waals surface area contributed by atoms with E-state index in [-0.39, 0.29) is 23.9 Å². The Kier molecular flexibility index (Phi) is 4.20. The first-order valence-electron chi connectivity index (χ1n) is 11.2. The molecule has 0 aromatic heterocycles. The van der Waals surface area contributed by atoms with E-state index in [2.05, 4.69) is 13.8 Å². The van der Waals surface area contributed by atoms with Crippen molar-refractivity contribution in [2.24, 2.45) is 34.0 Å². The summed E-state index contributed by atoms with van der Waals surface area (Å²) in [5.41, 5.74) is -4.32. The Balaban J connectivity index is 1.68. The average molecular weight is 427 g/mol. The smallest absolute Gasteiger partial charge is 0.302 e. The van der Waals surface area contributed by atoms with E-state index in [4.69, 9.17) is 9.47 Å². The van der Waals surface area contributed by atoms with Crippen molar-refractivity contribution >= 4 is 5.97 Å². The van der Waals surface area contributed by atoms with Crippen LogP contribution < -0.4 is 0 Å². The molecule has 6 fully saturated rings. The molecule has 8 heteroatoms. The second-order valence-corrected chi connectivity index (χ2v) is 11.3. The van der Waals surface area contributed by atoms with Crippen LogP contribution in [0.3, 0.4) is 0 Å². The van der Waals surface area contributed by atoms with Gasteiger partial charge in [-0.1, -0.05) is 20.3 Å². The highest BCUT2D eigenvalue weighted by molar-refractivity contribution is 5.66. The molecule has 4 bridgehead atoms. The molecule has 2 saturated heterocycles. The zero-order chi connectivity index (χ0) is 21.9. The van der Waals surface area contributed by atoms with Gasteiger partial charge in [-0.15, -0.1) is 0 Å². The Labute approximate surface area is 176 Å². The van der Waals surface area contributed by atoms with Crippen LogP contribution in [0.4, 0.5) is 0 Å². The minimum atomic E-state index is -2.20. The summed E-state index contributed by atoms with van der Waals surface area (Å²) in [6, 6.07) is 0. The lowest BCUT2D eigenvalue weighted by molar-refractivity contribution is -0.469. The molecule has 8 nitrogen and oxygen atoms in total. The van der Waals surface area contributed by atoms with Crippen molar-refractivity contribution < 1.29 is 39.8 Å². The highest BCUT2D eigenvalue weighted by atomic mass is 16.6. The molecule has 0 aromatic rings. The molecule has 30 heavy (non-hydrogen) atoms. The number of hydrogen-bond acceptors (Lipinski definition) is 8. The normalized spacial score (nSPS) is 58.1. The third-order valence-corrected chi connectivity index (χ3v) is 9.80. The number of ether oxygens (including phenoxy) is 2. The van der Waals surface area contributed by atoms with E-state index in [0.29, 0.717) is 12.8 Å². The number of carbonyl (C=O) groups is 1. The number of hydrogen-bond donors (Lipinski definition) is 5. The van der Waals surface area contributed by atoms with Gasteiger partial charge in [-0.3, -0.25) is 4.79 Å². The first-order chi connectivity index (χ1) is 13.9. The first-order valence-corrected chi connectivity index (χ1v) is 11.2. The zero-order valence-corrected chi connectivity index (χ0v) is 17.9. The predicted octanol–water partition coefficient (Wildman–Crippen LogP) is -0.0654. The number of rotatable bonds is 2.